The fourth-order valence-electron chi connectivity index (χ4n) is 2.94. The minimum atomic E-state index is 0.660. The molecule has 1 N–H and O–H groups in total. The molecule has 6 heteroatoms. The Morgan fingerprint density at radius 1 is 1.12 bits per heavy atom. The van der Waals surface area contributed by atoms with E-state index in [9.17, 15) is 0 Å². The molecular formula is C19H25N5O. The molecule has 1 aliphatic rings. The third-order valence-corrected chi connectivity index (χ3v) is 4.29. The molecule has 6 nitrogen and oxygen atoms in total. The van der Waals surface area contributed by atoms with Crippen molar-refractivity contribution >= 4 is 17.5 Å². The summed E-state index contributed by atoms with van der Waals surface area (Å²) < 4.78 is 5.23. The predicted molar refractivity (Wildman–Crippen MR) is 103 cm³/mol. The highest BCUT2D eigenvalue weighted by Gasteiger charge is 2.19. The average molecular weight is 339 g/mol. The number of ether oxygens (including phenoxy) is 1. The van der Waals surface area contributed by atoms with Crippen LogP contribution in [-0.4, -0.2) is 49.8 Å². The largest absolute Gasteiger partial charge is 0.497 e. The molecule has 132 valence electrons. The van der Waals surface area contributed by atoms with E-state index in [2.05, 4.69) is 43.8 Å². The molecule has 2 aromatic rings. The molecule has 1 aromatic carbocycles. The standard InChI is InChI=1S/C19H25N5O/c1-4-9-20-19-21-15(2)14-18(22-19)24-12-10-23(11-13-24)16-5-7-17(25-3)8-6-16/h4-8,14H,1,9-13H2,2-3H3,(H,20,21,22). The van der Waals surface area contributed by atoms with Crippen molar-refractivity contribution in [2.75, 3.05) is 55.0 Å². The van der Waals surface area contributed by atoms with E-state index in [0.29, 0.717) is 12.5 Å². The minimum absolute atomic E-state index is 0.660. The predicted octanol–water partition coefficient (Wildman–Crippen LogP) is 2.72. The molecule has 0 spiro atoms. The van der Waals surface area contributed by atoms with Crippen LogP contribution in [0.3, 0.4) is 0 Å². The lowest BCUT2D eigenvalue weighted by molar-refractivity contribution is 0.415. The van der Waals surface area contributed by atoms with Crippen LogP contribution in [0.4, 0.5) is 17.5 Å². The zero-order chi connectivity index (χ0) is 17.6. The number of nitrogens with one attached hydrogen (secondary N) is 1. The molecule has 0 unspecified atom stereocenters. The van der Waals surface area contributed by atoms with Crippen LogP contribution in [0.1, 0.15) is 5.69 Å². The molecule has 3 rings (SSSR count). The first-order chi connectivity index (χ1) is 12.2. The van der Waals surface area contributed by atoms with Gasteiger partial charge in [0.25, 0.3) is 0 Å². The van der Waals surface area contributed by atoms with Crippen LogP contribution in [-0.2, 0) is 0 Å². The lowest BCUT2D eigenvalue weighted by Gasteiger charge is -2.36. The van der Waals surface area contributed by atoms with Gasteiger partial charge in [0.15, 0.2) is 0 Å². The van der Waals surface area contributed by atoms with E-state index in [4.69, 9.17) is 4.74 Å². The van der Waals surface area contributed by atoms with Crippen molar-refractivity contribution < 1.29 is 4.74 Å². The second-order valence-corrected chi connectivity index (χ2v) is 6.03. The van der Waals surface area contributed by atoms with E-state index in [1.54, 1.807) is 13.2 Å². The van der Waals surface area contributed by atoms with Crippen LogP contribution in [0.25, 0.3) is 0 Å². The van der Waals surface area contributed by atoms with Gasteiger partial charge in [0, 0.05) is 50.2 Å². The van der Waals surface area contributed by atoms with Crippen molar-refractivity contribution in [3.8, 4) is 5.75 Å². The zero-order valence-corrected chi connectivity index (χ0v) is 14.9. The van der Waals surface area contributed by atoms with Crippen LogP contribution >= 0.6 is 0 Å². The van der Waals surface area contributed by atoms with Crippen molar-refractivity contribution in [3.63, 3.8) is 0 Å². The van der Waals surface area contributed by atoms with Crippen molar-refractivity contribution in [1.82, 2.24) is 9.97 Å². The van der Waals surface area contributed by atoms with Crippen LogP contribution in [0.15, 0.2) is 43.0 Å². The number of aromatic nitrogens is 2. The van der Waals surface area contributed by atoms with Crippen LogP contribution < -0.4 is 19.9 Å². The van der Waals surface area contributed by atoms with Crippen LogP contribution in [0.2, 0.25) is 0 Å². The maximum Gasteiger partial charge on any atom is 0.225 e. The number of aryl methyl sites for hydroxylation is 1. The normalized spacial score (nSPS) is 14.3. The molecule has 0 atom stereocenters. The highest BCUT2D eigenvalue weighted by Crippen LogP contribution is 2.22. The molecule has 0 saturated carbocycles. The van der Waals surface area contributed by atoms with E-state index in [-0.39, 0.29) is 0 Å². The minimum Gasteiger partial charge on any atom is -0.497 e. The summed E-state index contributed by atoms with van der Waals surface area (Å²) in [5, 5.41) is 3.17. The number of piperazine rings is 1. The van der Waals surface area contributed by atoms with Crippen molar-refractivity contribution in [2.24, 2.45) is 0 Å². The van der Waals surface area contributed by atoms with Gasteiger partial charge in [-0.3, -0.25) is 0 Å². The smallest absolute Gasteiger partial charge is 0.225 e. The molecule has 1 aliphatic heterocycles. The molecule has 0 bridgehead atoms. The second-order valence-electron chi connectivity index (χ2n) is 6.03. The number of anilines is 3. The summed E-state index contributed by atoms with van der Waals surface area (Å²) in [5.74, 6) is 2.53. The van der Waals surface area contributed by atoms with Gasteiger partial charge in [-0.05, 0) is 31.2 Å². The summed E-state index contributed by atoms with van der Waals surface area (Å²) in [7, 11) is 1.69. The Labute approximate surface area is 149 Å². The lowest BCUT2D eigenvalue weighted by Crippen LogP contribution is -2.46. The first kappa shape index (κ1) is 17.1. The number of benzene rings is 1. The fourth-order valence-corrected chi connectivity index (χ4v) is 2.94. The molecule has 0 radical (unpaired) electrons. The Morgan fingerprint density at radius 3 is 2.44 bits per heavy atom. The number of nitrogens with zero attached hydrogens (tertiary/aromatic N) is 4. The van der Waals surface area contributed by atoms with E-state index < -0.39 is 0 Å². The number of rotatable bonds is 6. The van der Waals surface area contributed by atoms with E-state index in [1.165, 1.54) is 5.69 Å². The molecule has 0 amide bonds. The van der Waals surface area contributed by atoms with Crippen LogP contribution in [0.5, 0.6) is 5.75 Å². The van der Waals surface area contributed by atoms with Crippen molar-refractivity contribution in [2.45, 2.75) is 6.92 Å². The highest BCUT2D eigenvalue weighted by atomic mass is 16.5. The maximum atomic E-state index is 5.23. The first-order valence-electron chi connectivity index (χ1n) is 8.54. The zero-order valence-electron chi connectivity index (χ0n) is 14.9. The van der Waals surface area contributed by atoms with Crippen molar-refractivity contribution in [1.29, 1.82) is 0 Å². The monoisotopic (exact) mass is 339 g/mol. The molecular weight excluding hydrogens is 314 g/mol. The summed E-state index contributed by atoms with van der Waals surface area (Å²) in [4.78, 5) is 13.8. The fraction of sp³-hybridized carbons (Fsp3) is 0.368. The van der Waals surface area contributed by atoms with Gasteiger partial charge in [0.1, 0.15) is 11.6 Å². The van der Waals surface area contributed by atoms with Gasteiger partial charge in [-0.2, -0.15) is 4.98 Å². The van der Waals surface area contributed by atoms with Crippen LogP contribution in [0, 0.1) is 6.92 Å². The van der Waals surface area contributed by atoms with Gasteiger partial charge in [-0.1, -0.05) is 6.08 Å². The van der Waals surface area contributed by atoms with Crippen molar-refractivity contribution in [3.05, 3.63) is 48.7 Å². The Hall–Kier alpha value is -2.76. The van der Waals surface area contributed by atoms with E-state index >= 15 is 0 Å². The highest BCUT2D eigenvalue weighted by molar-refractivity contribution is 5.52. The molecule has 0 aliphatic carbocycles. The third kappa shape index (κ3) is 4.21. The summed E-state index contributed by atoms with van der Waals surface area (Å²) in [6.07, 6.45) is 1.80. The Kier molecular flexibility index (Phi) is 5.38. The molecule has 1 aromatic heterocycles. The summed E-state index contributed by atoms with van der Waals surface area (Å²) >= 11 is 0. The Balaban J connectivity index is 1.65. The topological polar surface area (TPSA) is 53.5 Å². The van der Waals surface area contributed by atoms with Gasteiger partial charge in [0.2, 0.25) is 5.95 Å². The summed E-state index contributed by atoms with van der Waals surface area (Å²) in [6, 6.07) is 10.3. The molecule has 25 heavy (non-hydrogen) atoms. The quantitative estimate of drug-likeness (QED) is 0.817. The number of hydrogen-bond acceptors (Lipinski definition) is 6. The lowest BCUT2D eigenvalue weighted by atomic mass is 10.2. The maximum absolute atomic E-state index is 5.23. The molecule has 1 saturated heterocycles. The van der Waals surface area contributed by atoms with Gasteiger partial charge in [0.05, 0.1) is 7.11 Å². The molecule has 1 fully saturated rings. The Bertz CT molecular complexity index is 708. The van der Waals surface area contributed by atoms with Gasteiger partial charge >= 0.3 is 0 Å². The third-order valence-electron chi connectivity index (χ3n) is 4.29. The SMILES string of the molecule is C=CCNc1nc(C)cc(N2CCN(c3ccc(OC)cc3)CC2)n1. The molecule has 2 heterocycles. The van der Waals surface area contributed by atoms with E-state index in [1.807, 2.05) is 25.1 Å². The van der Waals surface area contributed by atoms with E-state index in [0.717, 1.165) is 43.4 Å². The second kappa shape index (κ2) is 7.88. The Morgan fingerprint density at radius 2 is 1.80 bits per heavy atom. The average Bonchev–Trinajstić information content (AvgIpc) is 2.66. The number of methoxy groups -OCH3 is 1. The van der Waals surface area contributed by atoms with Gasteiger partial charge in [-0.25, -0.2) is 4.98 Å². The number of hydrogen-bond donors (Lipinski definition) is 1. The summed E-state index contributed by atoms with van der Waals surface area (Å²) in [5.41, 5.74) is 2.20. The summed E-state index contributed by atoms with van der Waals surface area (Å²) in [6.45, 7) is 10.2. The van der Waals surface area contributed by atoms with Gasteiger partial charge < -0.3 is 19.9 Å². The van der Waals surface area contributed by atoms with Gasteiger partial charge in [-0.15, -0.1) is 6.58 Å². The first-order valence-corrected chi connectivity index (χ1v) is 8.54.